The number of allylic oxidation sites excluding steroid dienone is 1. The third-order valence-electron chi connectivity index (χ3n) is 3.19. The first-order valence-corrected chi connectivity index (χ1v) is 6.00. The van der Waals surface area contributed by atoms with Crippen LogP contribution in [0.25, 0.3) is 0 Å². The Morgan fingerprint density at radius 2 is 2.18 bits per heavy atom. The van der Waals surface area contributed by atoms with E-state index < -0.39 is 5.60 Å². The van der Waals surface area contributed by atoms with Gasteiger partial charge in [0.2, 0.25) is 0 Å². The molecule has 1 unspecified atom stereocenters. The molecule has 0 aromatic carbocycles. The highest BCUT2D eigenvalue weighted by Crippen LogP contribution is 2.39. The molecule has 4 heteroatoms. The van der Waals surface area contributed by atoms with Gasteiger partial charge in [0.25, 0.3) is 0 Å². The van der Waals surface area contributed by atoms with Crippen molar-refractivity contribution in [3.63, 3.8) is 0 Å². The van der Waals surface area contributed by atoms with Crippen LogP contribution in [0.3, 0.4) is 0 Å². The van der Waals surface area contributed by atoms with E-state index in [1.54, 1.807) is 11.0 Å². The second-order valence-corrected chi connectivity index (χ2v) is 5.99. The highest BCUT2D eigenvalue weighted by atomic mass is 16.6. The third kappa shape index (κ3) is 2.68. The van der Waals surface area contributed by atoms with E-state index in [4.69, 9.17) is 4.74 Å². The van der Waals surface area contributed by atoms with E-state index in [1.165, 1.54) is 0 Å². The number of ketones is 1. The fraction of sp³-hybridized carbons (Fsp3) is 0.692. The van der Waals surface area contributed by atoms with Gasteiger partial charge in [-0.3, -0.25) is 4.79 Å². The molecule has 1 aliphatic heterocycles. The van der Waals surface area contributed by atoms with Crippen LogP contribution in [0.2, 0.25) is 0 Å². The summed E-state index contributed by atoms with van der Waals surface area (Å²) in [6.07, 6.45) is 4.71. The molecule has 2 rings (SSSR count). The zero-order chi connectivity index (χ0) is 12.7. The molecule has 1 aliphatic carbocycles. The highest BCUT2D eigenvalue weighted by molar-refractivity contribution is 5.93. The smallest absolute Gasteiger partial charge is 0.410 e. The zero-order valence-electron chi connectivity index (χ0n) is 10.7. The largest absolute Gasteiger partial charge is 0.444 e. The topological polar surface area (TPSA) is 46.6 Å². The minimum Gasteiger partial charge on any atom is -0.444 e. The quantitative estimate of drug-likeness (QED) is 0.648. The van der Waals surface area contributed by atoms with Crippen molar-refractivity contribution < 1.29 is 14.3 Å². The summed E-state index contributed by atoms with van der Waals surface area (Å²) in [5, 5.41) is 0. The van der Waals surface area contributed by atoms with Crippen molar-refractivity contribution in [3.05, 3.63) is 12.2 Å². The molecule has 0 saturated carbocycles. The molecule has 94 valence electrons. The minimum absolute atomic E-state index is 0.117. The van der Waals surface area contributed by atoms with Crippen LogP contribution in [0.4, 0.5) is 4.79 Å². The van der Waals surface area contributed by atoms with Gasteiger partial charge in [0.05, 0.1) is 0 Å². The van der Waals surface area contributed by atoms with Gasteiger partial charge in [-0.25, -0.2) is 4.79 Å². The molecular formula is C13H19NO3. The number of rotatable bonds is 0. The number of carbonyl (C=O) groups is 2. The molecule has 0 N–H and O–H groups in total. The van der Waals surface area contributed by atoms with Gasteiger partial charge in [-0.2, -0.15) is 0 Å². The Labute approximate surface area is 102 Å². The molecule has 2 aliphatic rings. The summed E-state index contributed by atoms with van der Waals surface area (Å²) >= 11 is 0. The minimum atomic E-state index is -0.464. The van der Waals surface area contributed by atoms with Gasteiger partial charge < -0.3 is 9.64 Å². The van der Waals surface area contributed by atoms with Crippen molar-refractivity contribution in [2.75, 3.05) is 13.1 Å². The van der Waals surface area contributed by atoms with Gasteiger partial charge >= 0.3 is 6.09 Å². The number of nitrogens with zero attached hydrogens (tertiary/aromatic N) is 1. The lowest BCUT2D eigenvalue weighted by molar-refractivity contribution is -0.115. The summed E-state index contributed by atoms with van der Waals surface area (Å²) in [7, 11) is 0. The zero-order valence-corrected chi connectivity index (χ0v) is 10.7. The summed E-state index contributed by atoms with van der Waals surface area (Å²) in [6.45, 7) is 6.85. The average molecular weight is 237 g/mol. The summed E-state index contributed by atoms with van der Waals surface area (Å²) in [4.78, 5) is 24.9. The Kier molecular flexibility index (Phi) is 2.76. The van der Waals surface area contributed by atoms with Crippen LogP contribution in [0.5, 0.6) is 0 Å². The molecule has 1 atom stereocenters. The van der Waals surface area contributed by atoms with Crippen molar-refractivity contribution >= 4 is 11.9 Å². The molecule has 1 saturated heterocycles. The molecule has 0 aromatic rings. The van der Waals surface area contributed by atoms with Crippen LogP contribution >= 0.6 is 0 Å². The van der Waals surface area contributed by atoms with Gasteiger partial charge in [-0.05, 0) is 33.3 Å². The summed E-state index contributed by atoms with van der Waals surface area (Å²) in [5.41, 5.74) is -0.581. The monoisotopic (exact) mass is 237 g/mol. The van der Waals surface area contributed by atoms with E-state index in [2.05, 4.69) is 0 Å². The van der Waals surface area contributed by atoms with Gasteiger partial charge in [0.1, 0.15) is 5.60 Å². The predicted octanol–water partition coefficient (Wildman–Crippen LogP) is 2.14. The lowest BCUT2D eigenvalue weighted by Gasteiger charge is -2.25. The van der Waals surface area contributed by atoms with Crippen molar-refractivity contribution in [1.29, 1.82) is 0 Å². The van der Waals surface area contributed by atoms with E-state index in [0.717, 1.165) is 6.42 Å². The van der Waals surface area contributed by atoms with Crippen LogP contribution in [-0.2, 0) is 9.53 Å². The third-order valence-corrected chi connectivity index (χ3v) is 3.19. The molecule has 0 aromatic heterocycles. The Hall–Kier alpha value is -1.32. The van der Waals surface area contributed by atoms with Gasteiger partial charge in [0.15, 0.2) is 5.78 Å². The molecule has 0 bridgehead atoms. The lowest BCUT2D eigenvalue weighted by atomic mass is 9.87. The molecule has 17 heavy (non-hydrogen) atoms. The van der Waals surface area contributed by atoms with E-state index in [9.17, 15) is 9.59 Å². The lowest BCUT2D eigenvalue weighted by Crippen LogP contribution is -2.36. The first-order chi connectivity index (χ1) is 7.80. The first-order valence-electron chi connectivity index (χ1n) is 6.00. The van der Waals surface area contributed by atoms with Crippen LogP contribution in [-0.4, -0.2) is 35.5 Å². The van der Waals surface area contributed by atoms with E-state index in [-0.39, 0.29) is 17.3 Å². The molecule has 4 nitrogen and oxygen atoms in total. The summed E-state index contributed by atoms with van der Waals surface area (Å²) < 4.78 is 5.33. The standard InChI is InChI=1S/C13H19NO3/c1-12(2,3)17-11(16)14-7-6-13(9-14)5-4-10(15)8-13/h4-5H,6-9H2,1-3H3. The number of ether oxygens (including phenoxy) is 1. The molecule has 1 amide bonds. The van der Waals surface area contributed by atoms with Crippen LogP contribution < -0.4 is 0 Å². The van der Waals surface area contributed by atoms with Crippen molar-refractivity contribution in [1.82, 2.24) is 4.90 Å². The van der Waals surface area contributed by atoms with E-state index in [0.29, 0.717) is 19.5 Å². The maximum Gasteiger partial charge on any atom is 0.410 e. The Morgan fingerprint density at radius 1 is 1.47 bits per heavy atom. The van der Waals surface area contributed by atoms with Crippen molar-refractivity contribution in [3.8, 4) is 0 Å². The van der Waals surface area contributed by atoms with Crippen molar-refractivity contribution in [2.24, 2.45) is 5.41 Å². The molecule has 1 heterocycles. The van der Waals surface area contributed by atoms with Crippen LogP contribution in [0, 0.1) is 5.41 Å². The number of amides is 1. The molecule has 1 spiro atoms. The number of hydrogen-bond acceptors (Lipinski definition) is 3. The van der Waals surface area contributed by atoms with Crippen molar-refractivity contribution in [2.45, 2.75) is 39.2 Å². The SMILES string of the molecule is CC(C)(C)OC(=O)N1CCC2(C=CC(=O)C2)C1. The van der Waals surface area contributed by atoms with Crippen LogP contribution in [0.1, 0.15) is 33.6 Å². The fourth-order valence-electron chi connectivity index (χ4n) is 2.39. The highest BCUT2D eigenvalue weighted by Gasteiger charge is 2.42. The number of hydrogen-bond donors (Lipinski definition) is 0. The number of carbonyl (C=O) groups excluding carboxylic acids is 2. The van der Waals surface area contributed by atoms with Gasteiger partial charge in [0, 0.05) is 24.9 Å². The number of likely N-dealkylation sites (tertiary alicyclic amines) is 1. The maximum absolute atomic E-state index is 11.9. The van der Waals surface area contributed by atoms with E-state index >= 15 is 0 Å². The second-order valence-electron chi connectivity index (χ2n) is 5.99. The van der Waals surface area contributed by atoms with Crippen LogP contribution in [0.15, 0.2) is 12.2 Å². The van der Waals surface area contributed by atoms with Gasteiger partial charge in [-0.1, -0.05) is 6.08 Å². The normalized spacial score (nSPS) is 28.2. The van der Waals surface area contributed by atoms with Gasteiger partial charge in [-0.15, -0.1) is 0 Å². The first kappa shape index (κ1) is 12.1. The molecule has 1 fully saturated rings. The Morgan fingerprint density at radius 3 is 2.71 bits per heavy atom. The van der Waals surface area contributed by atoms with E-state index in [1.807, 2.05) is 26.8 Å². The summed E-state index contributed by atoms with van der Waals surface area (Å²) in [6, 6.07) is 0. The predicted molar refractivity (Wildman–Crippen MR) is 63.6 cm³/mol. The Balaban J connectivity index is 1.97. The second kappa shape index (κ2) is 3.86. The Bertz CT molecular complexity index is 381. The molecular weight excluding hydrogens is 218 g/mol. The maximum atomic E-state index is 11.9. The molecule has 0 radical (unpaired) electrons. The fourth-order valence-corrected chi connectivity index (χ4v) is 2.39. The summed E-state index contributed by atoms with van der Waals surface area (Å²) in [5.74, 6) is 0.163. The average Bonchev–Trinajstić information content (AvgIpc) is 2.72.